The van der Waals surface area contributed by atoms with Crippen molar-refractivity contribution >= 4 is 235 Å². The molecule has 0 spiro atoms. The number of carbonyl (C=O) groups excluding carboxylic acids is 3. The third-order valence-electron chi connectivity index (χ3n) is 7.55. The summed E-state index contributed by atoms with van der Waals surface area (Å²) in [6.07, 6.45) is 3.47. The zero-order valence-corrected chi connectivity index (χ0v) is 54.8. The van der Waals surface area contributed by atoms with Crippen LogP contribution in [0.5, 0.6) is 5.19 Å². The first-order valence-corrected chi connectivity index (χ1v) is 42.9. The van der Waals surface area contributed by atoms with Crippen LogP contribution in [-0.2, 0) is 0 Å². The van der Waals surface area contributed by atoms with Crippen LogP contribution in [0.2, 0.25) is 0 Å². The quantitative estimate of drug-likeness (QED) is 0.0683. The Morgan fingerprint density at radius 2 is 1.07 bits per heavy atom. The number of halogens is 7. The maximum absolute atomic E-state index is 11.5. The van der Waals surface area contributed by atoms with E-state index in [2.05, 4.69) is 147 Å². The Bertz CT molecular complexity index is 2820. The zero-order valence-electron chi connectivity index (χ0n) is 36.0. The van der Waals surface area contributed by atoms with E-state index in [1.54, 1.807) is 19.5 Å². The fourth-order valence-corrected chi connectivity index (χ4v) is 9.32. The molecule has 0 radical (unpaired) electrons. The number of H-pyrrole nitrogens is 1. The molecule has 0 fully saturated rings. The van der Waals surface area contributed by atoms with Gasteiger partial charge in [0.2, 0.25) is 0 Å². The van der Waals surface area contributed by atoms with E-state index in [0.717, 1.165) is 67.3 Å². The van der Waals surface area contributed by atoms with Gasteiger partial charge in [-0.2, -0.15) is 0 Å². The molecule has 8 rings (SSSR count). The monoisotopic (exact) mass is 1750 g/mol. The Morgan fingerprint density at radius 1 is 0.672 bits per heavy atom. The van der Waals surface area contributed by atoms with Crippen molar-refractivity contribution in [2.75, 3.05) is 42.7 Å². The Morgan fingerprint density at radius 3 is 1.45 bits per heavy atom. The number of carbonyl (C=O) groups is 3. The van der Waals surface area contributed by atoms with Crippen LogP contribution >= 0.6 is 171 Å². The molecule has 6 amide bonds. The number of hydrogen-bond acceptors (Lipinski definition) is 14. The third-order valence-corrected chi connectivity index (χ3v) is 12.8. The van der Waals surface area contributed by atoms with E-state index in [1.165, 1.54) is 45.3 Å². The van der Waals surface area contributed by atoms with Crippen molar-refractivity contribution in [2.24, 2.45) is 0 Å². The zero-order chi connectivity index (χ0) is 48.6. The minimum atomic E-state index is -0.263. The summed E-state index contributed by atoms with van der Waals surface area (Å²) in [4.78, 5) is 67.3. The van der Waals surface area contributed by atoms with Crippen LogP contribution in [0.3, 0.4) is 0 Å². The Hall–Kier alpha value is -1.14. The minimum absolute atomic E-state index is 0. The van der Waals surface area contributed by atoms with Gasteiger partial charge < -0.3 is 25.7 Å². The van der Waals surface area contributed by atoms with Crippen LogP contribution < -0.4 is 54.8 Å². The molecule has 0 aliphatic heterocycles. The van der Waals surface area contributed by atoms with Crippen LogP contribution in [0.15, 0.2) is 76.3 Å². The molecule has 0 atom stereocenters. The number of methoxy groups -OCH3 is 1. The number of amides is 6. The molecule has 0 saturated heterocycles. The standard InChI is InChI=1S/C14H14N4O2S2.C13H12N4O2S2.C10H10BrN3OS.C2H6.I3.I2.HI/c1-3-15-12(19)18-13-17-9-6-8(4-5-10(9)21-13)11-7-16-14(20-2)22-11;1-2-14-11(18)17-12-16-8-5-7(3-4-9(8)20-12)10-6-15-13(19)21-10;1-2-12-9(15)14-10-13-7-5-6(11)3-4-8(7)16-10;1-2;1-3-2;1-2;/h4-7H,3H2,1-2H3,(H2,15,17,18,19);3-6H,2H2,1H3,(H,15,19)(H2,14,16,17,18);3-5H,2H2,1H3,(H2,12,13,14,15);1-2H3;;;1H/q;;;;-1;;. The van der Waals surface area contributed by atoms with Crippen molar-refractivity contribution in [3.05, 3.63) is 81.1 Å². The first-order chi connectivity index (χ1) is 31.9. The van der Waals surface area contributed by atoms with Crippen LogP contribution in [0.4, 0.5) is 29.8 Å². The van der Waals surface area contributed by atoms with Gasteiger partial charge in [-0.25, -0.2) is 34.3 Å². The number of nitrogens with one attached hydrogen (secondary N) is 7. The van der Waals surface area contributed by atoms with Gasteiger partial charge in [-0.1, -0.05) is 98.6 Å². The fraction of sp³-hybridized carbons (Fsp3) is 0.231. The summed E-state index contributed by atoms with van der Waals surface area (Å²) in [6, 6.07) is 16.9. The van der Waals surface area contributed by atoms with Gasteiger partial charge in [0.1, 0.15) is 0 Å². The van der Waals surface area contributed by atoms with Crippen molar-refractivity contribution in [1.29, 1.82) is 0 Å². The number of benzene rings is 3. The number of fused-ring (bicyclic) bond motifs is 3. The molecule has 67 heavy (non-hydrogen) atoms. The summed E-state index contributed by atoms with van der Waals surface area (Å²) in [5.41, 5.74) is 4.49. The molecule has 5 heterocycles. The van der Waals surface area contributed by atoms with Crippen LogP contribution in [0.25, 0.3) is 51.5 Å². The van der Waals surface area contributed by atoms with E-state index < -0.39 is 0 Å². The molecule has 5 aromatic heterocycles. The predicted octanol–water partition coefficient (Wildman–Crippen LogP) is 11.8. The molecule has 0 aliphatic carbocycles. The van der Waals surface area contributed by atoms with Gasteiger partial charge in [-0.3, -0.25) is 20.7 Å². The Balaban J connectivity index is 0.000000324. The van der Waals surface area contributed by atoms with Gasteiger partial charge in [0, 0.05) is 73.7 Å². The SMILES string of the molecule is CC.CCNC(=O)Nc1nc2cc(-c3c[nH]c(=O)s3)ccc2s1.CCNC(=O)Nc1nc2cc(-c3cnc(OC)s3)ccc2s1.CCNC(=O)Nc1nc2cc(Br)ccc2s1.I.II.I[I-]I. The summed E-state index contributed by atoms with van der Waals surface area (Å²) in [6.45, 7) is 11.3. The van der Waals surface area contributed by atoms with Crippen LogP contribution in [-0.4, -0.2) is 69.8 Å². The van der Waals surface area contributed by atoms with E-state index in [1.807, 2.05) is 89.2 Å². The van der Waals surface area contributed by atoms with Crippen LogP contribution in [0.1, 0.15) is 34.6 Å². The van der Waals surface area contributed by atoms with E-state index in [-0.39, 0.29) is 46.9 Å². The van der Waals surface area contributed by atoms with Gasteiger partial charge >= 0.3 is 73.5 Å². The normalized spacial score (nSPS) is 9.84. The molecule has 0 unspecified atom stereocenters. The number of rotatable bonds is 9. The molecule has 0 aliphatic rings. The summed E-state index contributed by atoms with van der Waals surface area (Å²) in [5, 5.41) is 18.5. The third kappa shape index (κ3) is 20.9. The van der Waals surface area contributed by atoms with Gasteiger partial charge in [0.15, 0.2) is 15.4 Å². The average molecular weight is 1750 g/mol. The molecule has 28 heteroatoms. The predicted molar refractivity (Wildman–Crippen MR) is 329 cm³/mol. The van der Waals surface area contributed by atoms with Gasteiger partial charge in [0.25, 0.3) is 5.19 Å². The molecule has 3 aromatic carbocycles. The number of aromatic amines is 1. The van der Waals surface area contributed by atoms with Crippen molar-refractivity contribution in [3.63, 3.8) is 0 Å². The number of thiazole rings is 5. The molecule has 7 N–H and O–H groups in total. The maximum atomic E-state index is 11.5. The van der Waals surface area contributed by atoms with Crippen molar-refractivity contribution in [1.82, 2.24) is 40.9 Å². The Kier molecular flexibility index (Phi) is 31.7. The molecule has 16 nitrogen and oxygen atoms in total. The number of aromatic nitrogens is 5. The number of hydrogen-bond donors (Lipinski definition) is 7. The van der Waals surface area contributed by atoms with E-state index in [9.17, 15) is 19.2 Å². The van der Waals surface area contributed by atoms with E-state index in [4.69, 9.17) is 4.74 Å². The van der Waals surface area contributed by atoms with E-state index >= 15 is 0 Å². The van der Waals surface area contributed by atoms with Gasteiger partial charge in [0.05, 0.1) is 47.5 Å². The summed E-state index contributed by atoms with van der Waals surface area (Å²) in [7, 11) is 1.60. The number of anilines is 3. The van der Waals surface area contributed by atoms with Crippen molar-refractivity contribution in [3.8, 4) is 26.1 Å². The fourth-order valence-electron chi connectivity index (χ4n) is 5.04. The second-order valence-corrected chi connectivity index (χ2v) is 34.0. The van der Waals surface area contributed by atoms with Crippen molar-refractivity contribution in [2.45, 2.75) is 34.6 Å². The van der Waals surface area contributed by atoms with Crippen LogP contribution in [0, 0.1) is 0 Å². The Labute approximate surface area is 485 Å². The molecule has 0 saturated carbocycles. The first kappa shape index (κ1) is 62.0. The van der Waals surface area contributed by atoms with Crippen molar-refractivity contribution < 1.29 is 32.4 Å². The number of ether oxygens (including phenoxy) is 1. The second-order valence-electron chi connectivity index (χ2n) is 11.8. The molecule has 0 bridgehead atoms. The summed E-state index contributed by atoms with van der Waals surface area (Å²) >= 11 is 19.9. The van der Waals surface area contributed by atoms with Gasteiger partial charge in [-0.15, -0.1) is 24.0 Å². The summed E-state index contributed by atoms with van der Waals surface area (Å²) < 4.78 is 9.15. The number of urea groups is 3. The molecular weight excluding hydrogens is 1700 g/mol. The topological polar surface area (TPSA) is 217 Å². The second kappa shape index (κ2) is 34.3. The average Bonchev–Trinajstić information content (AvgIpc) is 4.16. The summed E-state index contributed by atoms with van der Waals surface area (Å²) in [5.74, 6) is 0. The first-order valence-electron chi connectivity index (χ1n) is 19.2. The number of nitrogens with zero attached hydrogens (tertiary/aromatic N) is 4. The van der Waals surface area contributed by atoms with E-state index in [0.29, 0.717) is 53.5 Å². The van der Waals surface area contributed by atoms with Gasteiger partial charge in [-0.05, 0) is 74.4 Å². The molecule has 8 aromatic rings. The molecular formula is C39H43BrI6N11O5S5-. The molecule has 364 valence electrons.